The van der Waals surface area contributed by atoms with E-state index < -0.39 is 0 Å². The summed E-state index contributed by atoms with van der Waals surface area (Å²) in [7, 11) is 1.90. The Hall–Kier alpha value is -2.89. The van der Waals surface area contributed by atoms with E-state index in [0.717, 1.165) is 48.0 Å². The van der Waals surface area contributed by atoms with Crippen molar-refractivity contribution in [3.05, 3.63) is 62.1 Å². The van der Waals surface area contributed by atoms with Crippen LogP contribution in [0.25, 0.3) is 21.6 Å². The standard InChI is InChI=1S/C22H21BrN8S2/c1-12-6-14(23)7-16-19(12)28-22(29-20(16)26-13(2)18-9-24-11-33-18)25-8-15-10-32-21(27-15)17-4-5-31(3)30-17/h4-7,9-11,13H,8H2,1-3H3,(H2,25,26,28,29). The van der Waals surface area contributed by atoms with Gasteiger partial charge in [0.05, 0.1) is 29.3 Å². The third-order valence-corrected chi connectivity index (χ3v) is 7.43. The summed E-state index contributed by atoms with van der Waals surface area (Å²) in [5, 5.41) is 15.2. The van der Waals surface area contributed by atoms with E-state index in [-0.39, 0.29) is 6.04 Å². The molecule has 0 spiro atoms. The lowest BCUT2D eigenvalue weighted by Crippen LogP contribution is -2.11. The van der Waals surface area contributed by atoms with Crippen molar-refractivity contribution in [2.75, 3.05) is 10.6 Å². The topological polar surface area (TPSA) is 93.4 Å². The minimum absolute atomic E-state index is 0.0715. The Bertz CT molecular complexity index is 1410. The van der Waals surface area contributed by atoms with Crippen molar-refractivity contribution in [2.24, 2.45) is 7.05 Å². The van der Waals surface area contributed by atoms with E-state index in [9.17, 15) is 0 Å². The van der Waals surface area contributed by atoms with Crippen molar-refractivity contribution >= 4 is 61.3 Å². The number of thiazole rings is 2. The van der Waals surface area contributed by atoms with Crippen LogP contribution in [-0.2, 0) is 13.6 Å². The average Bonchev–Trinajstić information content (AvgIpc) is 3.54. The molecule has 0 radical (unpaired) electrons. The molecule has 2 N–H and O–H groups in total. The third-order valence-electron chi connectivity index (χ3n) is 5.10. The molecule has 1 atom stereocenters. The predicted octanol–water partition coefficient (Wildman–Crippen LogP) is 5.80. The largest absolute Gasteiger partial charge is 0.362 e. The second-order valence-electron chi connectivity index (χ2n) is 7.66. The van der Waals surface area contributed by atoms with Gasteiger partial charge >= 0.3 is 0 Å². The second kappa shape index (κ2) is 9.16. The highest BCUT2D eigenvalue weighted by molar-refractivity contribution is 9.10. The van der Waals surface area contributed by atoms with Crippen LogP contribution in [0.1, 0.15) is 29.1 Å². The SMILES string of the molecule is Cc1cc(Br)cc2c(NC(C)c3cncs3)nc(NCc3csc(-c4ccn(C)n4)n3)nc12. The molecule has 1 unspecified atom stereocenters. The molecule has 5 rings (SSSR count). The third kappa shape index (κ3) is 4.75. The lowest BCUT2D eigenvalue weighted by Gasteiger charge is -2.17. The maximum atomic E-state index is 4.81. The lowest BCUT2D eigenvalue weighted by molar-refractivity contribution is 0.770. The molecule has 4 aromatic heterocycles. The number of aryl methyl sites for hydroxylation is 2. The summed E-state index contributed by atoms with van der Waals surface area (Å²) in [5.41, 5.74) is 5.61. The van der Waals surface area contributed by atoms with E-state index in [1.807, 2.05) is 42.5 Å². The summed E-state index contributed by atoms with van der Waals surface area (Å²) in [6, 6.07) is 6.15. The van der Waals surface area contributed by atoms with Crippen LogP contribution >= 0.6 is 38.6 Å². The molecule has 0 aliphatic heterocycles. The van der Waals surface area contributed by atoms with Gasteiger partial charge in [-0.2, -0.15) is 10.1 Å². The van der Waals surface area contributed by atoms with Crippen molar-refractivity contribution in [3.63, 3.8) is 0 Å². The van der Waals surface area contributed by atoms with Gasteiger partial charge in [0.25, 0.3) is 0 Å². The number of anilines is 2. The van der Waals surface area contributed by atoms with Gasteiger partial charge in [-0.1, -0.05) is 15.9 Å². The van der Waals surface area contributed by atoms with Crippen LogP contribution in [0, 0.1) is 6.92 Å². The number of hydrogen-bond donors (Lipinski definition) is 2. The van der Waals surface area contributed by atoms with E-state index in [0.29, 0.717) is 12.5 Å². The van der Waals surface area contributed by atoms with E-state index in [1.165, 1.54) is 0 Å². The molecule has 0 amide bonds. The number of fused-ring (bicyclic) bond motifs is 1. The van der Waals surface area contributed by atoms with Crippen LogP contribution in [-0.4, -0.2) is 29.7 Å². The molecule has 0 bridgehead atoms. The first-order valence-electron chi connectivity index (χ1n) is 10.3. The molecule has 5 aromatic rings. The molecule has 0 saturated carbocycles. The number of nitrogens with one attached hydrogen (secondary N) is 2. The van der Waals surface area contributed by atoms with E-state index >= 15 is 0 Å². The Morgan fingerprint density at radius 2 is 2.06 bits per heavy atom. The number of benzene rings is 1. The fraction of sp³-hybridized carbons (Fsp3) is 0.227. The van der Waals surface area contributed by atoms with Crippen LogP contribution in [0.3, 0.4) is 0 Å². The number of halogens is 1. The van der Waals surface area contributed by atoms with Crippen LogP contribution in [0.4, 0.5) is 11.8 Å². The highest BCUT2D eigenvalue weighted by atomic mass is 79.9. The van der Waals surface area contributed by atoms with E-state index in [2.05, 4.69) is 56.6 Å². The van der Waals surface area contributed by atoms with Crippen LogP contribution in [0.5, 0.6) is 0 Å². The molecule has 0 saturated heterocycles. The first-order valence-corrected chi connectivity index (χ1v) is 12.8. The number of aromatic nitrogens is 6. The van der Waals surface area contributed by atoms with Crippen molar-refractivity contribution in [1.82, 2.24) is 29.7 Å². The maximum Gasteiger partial charge on any atom is 0.225 e. The molecule has 33 heavy (non-hydrogen) atoms. The van der Waals surface area contributed by atoms with Gasteiger partial charge < -0.3 is 10.6 Å². The first-order chi connectivity index (χ1) is 16.0. The van der Waals surface area contributed by atoms with Gasteiger partial charge in [-0.25, -0.2) is 9.97 Å². The van der Waals surface area contributed by atoms with Gasteiger partial charge in [0.15, 0.2) is 0 Å². The fourth-order valence-corrected chi connectivity index (χ4v) is 5.45. The quantitative estimate of drug-likeness (QED) is 0.269. The number of rotatable bonds is 7. The Morgan fingerprint density at radius 3 is 2.82 bits per heavy atom. The Morgan fingerprint density at radius 1 is 1.18 bits per heavy atom. The van der Waals surface area contributed by atoms with Crippen molar-refractivity contribution in [1.29, 1.82) is 0 Å². The van der Waals surface area contributed by atoms with Crippen LogP contribution in [0.15, 0.2) is 46.0 Å². The van der Waals surface area contributed by atoms with Gasteiger partial charge in [0.2, 0.25) is 5.95 Å². The zero-order chi connectivity index (χ0) is 22.9. The molecule has 0 fully saturated rings. The number of nitrogens with zero attached hydrogens (tertiary/aromatic N) is 6. The Balaban J connectivity index is 1.42. The Kier molecular flexibility index (Phi) is 6.09. The maximum absolute atomic E-state index is 4.81. The average molecular weight is 542 g/mol. The van der Waals surface area contributed by atoms with Crippen molar-refractivity contribution in [3.8, 4) is 10.7 Å². The summed E-state index contributed by atoms with van der Waals surface area (Å²) < 4.78 is 2.77. The summed E-state index contributed by atoms with van der Waals surface area (Å²) >= 11 is 6.80. The van der Waals surface area contributed by atoms with Gasteiger partial charge in [-0.05, 0) is 37.6 Å². The van der Waals surface area contributed by atoms with E-state index in [4.69, 9.17) is 15.0 Å². The number of hydrogen-bond acceptors (Lipinski definition) is 9. The summed E-state index contributed by atoms with van der Waals surface area (Å²) in [4.78, 5) is 19.6. The van der Waals surface area contributed by atoms with Crippen LogP contribution < -0.4 is 10.6 Å². The van der Waals surface area contributed by atoms with Gasteiger partial charge in [0.1, 0.15) is 16.5 Å². The highest BCUT2D eigenvalue weighted by Crippen LogP contribution is 2.31. The molecule has 1 aromatic carbocycles. The smallest absolute Gasteiger partial charge is 0.225 e. The zero-order valence-corrected chi connectivity index (χ0v) is 21.4. The molecule has 4 heterocycles. The Labute approximate surface area is 207 Å². The minimum atomic E-state index is 0.0715. The van der Waals surface area contributed by atoms with Gasteiger partial charge in [-0.3, -0.25) is 9.67 Å². The molecule has 11 heteroatoms. The highest BCUT2D eigenvalue weighted by Gasteiger charge is 2.15. The summed E-state index contributed by atoms with van der Waals surface area (Å²) in [5.74, 6) is 1.33. The molecule has 0 aliphatic carbocycles. The van der Waals surface area contributed by atoms with Gasteiger partial charge in [-0.15, -0.1) is 22.7 Å². The summed E-state index contributed by atoms with van der Waals surface area (Å²) in [6.45, 7) is 4.68. The minimum Gasteiger partial charge on any atom is -0.362 e. The monoisotopic (exact) mass is 540 g/mol. The fourth-order valence-electron chi connectivity index (χ4n) is 3.47. The second-order valence-corrected chi connectivity index (χ2v) is 10.3. The lowest BCUT2D eigenvalue weighted by atomic mass is 10.1. The predicted molar refractivity (Wildman–Crippen MR) is 138 cm³/mol. The molecule has 0 aliphatic rings. The van der Waals surface area contributed by atoms with Gasteiger partial charge in [0, 0.05) is 39.6 Å². The van der Waals surface area contributed by atoms with Crippen molar-refractivity contribution < 1.29 is 0 Å². The molecular formula is C22H21BrN8S2. The molecular weight excluding hydrogens is 520 g/mol. The van der Waals surface area contributed by atoms with Crippen LogP contribution in [0.2, 0.25) is 0 Å². The normalized spacial score (nSPS) is 12.2. The summed E-state index contributed by atoms with van der Waals surface area (Å²) in [6.07, 6.45) is 3.80. The first kappa shape index (κ1) is 21.9. The zero-order valence-electron chi connectivity index (χ0n) is 18.2. The van der Waals surface area contributed by atoms with E-state index in [1.54, 1.807) is 27.4 Å². The molecule has 168 valence electrons. The molecule has 8 nitrogen and oxygen atoms in total. The van der Waals surface area contributed by atoms with Crippen molar-refractivity contribution in [2.45, 2.75) is 26.4 Å².